The third-order valence-corrected chi connectivity index (χ3v) is 3.53. The molecule has 0 aliphatic rings. The maximum atomic E-state index is 12.3. The van der Waals surface area contributed by atoms with E-state index in [1.807, 2.05) is 0 Å². The van der Waals surface area contributed by atoms with E-state index in [2.05, 4.69) is 29.0 Å². The van der Waals surface area contributed by atoms with Crippen molar-refractivity contribution < 1.29 is 25.0 Å². The van der Waals surface area contributed by atoms with Crippen LogP contribution in [-0.2, 0) is 4.79 Å². The zero-order valence-electron chi connectivity index (χ0n) is 15.1. The number of amides is 2. The second-order valence-electron chi connectivity index (χ2n) is 6.36. The van der Waals surface area contributed by atoms with Crippen molar-refractivity contribution in [2.75, 3.05) is 13.2 Å². The lowest BCUT2D eigenvalue weighted by atomic mass is 9.95. The topological polar surface area (TPSA) is 145 Å². The molecule has 0 spiro atoms. The summed E-state index contributed by atoms with van der Waals surface area (Å²) in [5, 5.41) is 29.1. The molecule has 0 fully saturated rings. The first-order chi connectivity index (χ1) is 12.7. The van der Waals surface area contributed by atoms with E-state index < -0.39 is 29.3 Å². The Balaban J connectivity index is 2.84. The number of hydroxylamine groups is 1. The van der Waals surface area contributed by atoms with Gasteiger partial charge in [-0.1, -0.05) is 11.8 Å². The van der Waals surface area contributed by atoms with Crippen molar-refractivity contribution in [3.05, 3.63) is 35.4 Å². The van der Waals surface area contributed by atoms with Crippen molar-refractivity contribution in [3.63, 3.8) is 0 Å². The summed E-state index contributed by atoms with van der Waals surface area (Å²) in [6.07, 6.45) is 0. The summed E-state index contributed by atoms with van der Waals surface area (Å²) in [5.41, 5.74) is 7.15. The van der Waals surface area contributed by atoms with Gasteiger partial charge in [0.05, 0.1) is 19.1 Å². The van der Waals surface area contributed by atoms with Gasteiger partial charge in [-0.05, 0) is 50.0 Å². The van der Waals surface area contributed by atoms with Crippen molar-refractivity contribution in [1.29, 1.82) is 0 Å². The molecule has 0 aromatic heterocycles. The standard InChI is InChI=1S/C19H23N3O5/c1-19(2,20)16(18(26)22-27)21-17(25)15-9-7-13(8-10-15)5-3-4-6-14(11-23)12-24/h7-10,14,16,23-24,27H,11-12,20H2,1-2H3,(H,21,25)(H,22,26)/t16-/m1/s1. The minimum absolute atomic E-state index is 0.246. The van der Waals surface area contributed by atoms with E-state index in [0.717, 1.165) is 0 Å². The van der Waals surface area contributed by atoms with Crippen LogP contribution < -0.4 is 16.5 Å². The molecule has 7 N–H and O–H groups in total. The van der Waals surface area contributed by atoms with Gasteiger partial charge in [-0.2, -0.15) is 0 Å². The van der Waals surface area contributed by atoms with Crippen molar-refractivity contribution in [3.8, 4) is 23.7 Å². The summed E-state index contributed by atoms with van der Waals surface area (Å²) in [7, 11) is 0. The number of carbonyl (C=O) groups excluding carboxylic acids is 2. The van der Waals surface area contributed by atoms with Crippen molar-refractivity contribution >= 4 is 11.8 Å². The highest BCUT2D eigenvalue weighted by Crippen LogP contribution is 2.09. The smallest absolute Gasteiger partial charge is 0.267 e. The first kappa shape index (κ1) is 22.2. The molecule has 1 aromatic carbocycles. The summed E-state index contributed by atoms with van der Waals surface area (Å²) in [6.45, 7) is 2.60. The van der Waals surface area contributed by atoms with E-state index in [0.29, 0.717) is 5.56 Å². The number of nitrogens with one attached hydrogen (secondary N) is 2. The van der Waals surface area contributed by atoms with E-state index in [1.54, 1.807) is 26.0 Å². The van der Waals surface area contributed by atoms with E-state index in [1.165, 1.54) is 17.6 Å². The highest BCUT2D eigenvalue weighted by molar-refractivity contribution is 5.97. The van der Waals surface area contributed by atoms with Crippen LogP contribution in [0.2, 0.25) is 0 Å². The number of hydrogen-bond acceptors (Lipinski definition) is 6. The molecule has 144 valence electrons. The number of hydrogen-bond donors (Lipinski definition) is 6. The number of rotatable bonds is 6. The van der Waals surface area contributed by atoms with Gasteiger partial charge < -0.3 is 21.3 Å². The van der Waals surface area contributed by atoms with Gasteiger partial charge in [0.25, 0.3) is 11.8 Å². The Morgan fingerprint density at radius 1 is 1.15 bits per heavy atom. The Kier molecular flexibility index (Phi) is 8.46. The Bertz CT molecular complexity index is 772. The Morgan fingerprint density at radius 3 is 2.22 bits per heavy atom. The van der Waals surface area contributed by atoms with E-state index in [9.17, 15) is 9.59 Å². The van der Waals surface area contributed by atoms with Crippen LogP contribution in [0.25, 0.3) is 0 Å². The molecule has 0 saturated carbocycles. The van der Waals surface area contributed by atoms with Gasteiger partial charge in [0, 0.05) is 16.7 Å². The molecule has 1 rings (SSSR count). The molecule has 0 heterocycles. The number of aliphatic hydroxyl groups excluding tert-OH is 2. The van der Waals surface area contributed by atoms with E-state index >= 15 is 0 Å². The number of nitrogens with two attached hydrogens (primary N) is 1. The summed E-state index contributed by atoms with van der Waals surface area (Å²) < 4.78 is 0. The van der Waals surface area contributed by atoms with Crippen molar-refractivity contribution in [2.24, 2.45) is 11.7 Å². The van der Waals surface area contributed by atoms with Crippen LogP contribution in [0.1, 0.15) is 29.8 Å². The average molecular weight is 373 g/mol. The van der Waals surface area contributed by atoms with Gasteiger partial charge in [-0.15, -0.1) is 0 Å². The lowest BCUT2D eigenvalue weighted by Gasteiger charge is -2.29. The second kappa shape index (κ2) is 10.3. The number of aliphatic hydroxyl groups is 2. The van der Waals surface area contributed by atoms with Crippen LogP contribution in [0.3, 0.4) is 0 Å². The summed E-state index contributed by atoms with van der Waals surface area (Å²) >= 11 is 0. The van der Waals surface area contributed by atoms with Crippen LogP contribution in [0.4, 0.5) is 0 Å². The molecular formula is C19H23N3O5. The monoisotopic (exact) mass is 373 g/mol. The Hall–Kier alpha value is -2.88. The SMILES string of the molecule is CC(C)(N)[C@H](NC(=O)c1ccc(C#CC#CC(CO)CO)cc1)C(=O)NO. The van der Waals surface area contributed by atoms with Gasteiger partial charge in [-0.3, -0.25) is 14.8 Å². The first-order valence-electron chi connectivity index (χ1n) is 8.10. The van der Waals surface area contributed by atoms with Crippen LogP contribution in [0.15, 0.2) is 24.3 Å². The van der Waals surface area contributed by atoms with Crippen molar-refractivity contribution in [1.82, 2.24) is 10.8 Å². The van der Waals surface area contributed by atoms with Crippen LogP contribution in [0.5, 0.6) is 0 Å². The minimum atomic E-state index is -1.13. The molecule has 0 bridgehead atoms. The average Bonchev–Trinajstić information content (AvgIpc) is 2.65. The molecule has 1 atom stereocenters. The highest BCUT2D eigenvalue weighted by atomic mass is 16.5. The molecule has 8 heteroatoms. The third-order valence-electron chi connectivity index (χ3n) is 3.53. The van der Waals surface area contributed by atoms with Crippen molar-refractivity contribution in [2.45, 2.75) is 25.4 Å². The lowest BCUT2D eigenvalue weighted by molar-refractivity contribution is -0.132. The van der Waals surface area contributed by atoms with Crippen LogP contribution >= 0.6 is 0 Å². The zero-order valence-corrected chi connectivity index (χ0v) is 15.1. The second-order valence-corrected chi connectivity index (χ2v) is 6.36. The fraction of sp³-hybridized carbons (Fsp3) is 0.368. The molecule has 0 aliphatic heterocycles. The molecule has 0 aliphatic carbocycles. The van der Waals surface area contributed by atoms with Gasteiger partial charge in [0.1, 0.15) is 6.04 Å². The van der Waals surface area contributed by atoms with Gasteiger partial charge >= 0.3 is 0 Å². The van der Waals surface area contributed by atoms with Gasteiger partial charge in [0.2, 0.25) is 0 Å². The quantitative estimate of drug-likeness (QED) is 0.214. The lowest BCUT2D eigenvalue weighted by Crippen LogP contribution is -2.61. The van der Waals surface area contributed by atoms with E-state index in [-0.39, 0.29) is 18.8 Å². The molecule has 0 saturated heterocycles. The van der Waals surface area contributed by atoms with Gasteiger partial charge in [0.15, 0.2) is 0 Å². The molecule has 27 heavy (non-hydrogen) atoms. The molecular weight excluding hydrogens is 350 g/mol. The first-order valence-corrected chi connectivity index (χ1v) is 8.10. The third kappa shape index (κ3) is 7.10. The zero-order chi connectivity index (χ0) is 20.4. The minimum Gasteiger partial charge on any atom is -0.395 e. The fourth-order valence-corrected chi connectivity index (χ4v) is 1.96. The Labute approximate surface area is 157 Å². The predicted octanol–water partition coefficient (Wildman–Crippen LogP) is -1.02. The molecule has 0 radical (unpaired) electrons. The fourth-order valence-electron chi connectivity index (χ4n) is 1.96. The normalized spacial score (nSPS) is 11.5. The molecule has 0 unspecified atom stereocenters. The highest BCUT2D eigenvalue weighted by Gasteiger charge is 2.33. The largest absolute Gasteiger partial charge is 0.395 e. The maximum absolute atomic E-state index is 12.3. The molecule has 2 amide bonds. The summed E-state index contributed by atoms with van der Waals surface area (Å²) in [5.74, 6) is 8.64. The molecule has 8 nitrogen and oxygen atoms in total. The predicted molar refractivity (Wildman–Crippen MR) is 98.2 cm³/mol. The number of benzene rings is 1. The Morgan fingerprint density at radius 2 is 1.74 bits per heavy atom. The molecule has 1 aromatic rings. The maximum Gasteiger partial charge on any atom is 0.267 e. The van der Waals surface area contributed by atoms with Crippen LogP contribution in [-0.4, -0.2) is 52.0 Å². The summed E-state index contributed by atoms with van der Waals surface area (Å²) in [4.78, 5) is 24.0. The van der Waals surface area contributed by atoms with Gasteiger partial charge in [-0.25, -0.2) is 5.48 Å². The van der Waals surface area contributed by atoms with Crippen LogP contribution in [0, 0.1) is 29.6 Å². The van der Waals surface area contributed by atoms with E-state index in [4.69, 9.17) is 21.2 Å². The summed E-state index contributed by atoms with van der Waals surface area (Å²) in [6, 6.07) is 5.13. The number of carbonyl (C=O) groups is 2.